The van der Waals surface area contributed by atoms with Crippen LogP contribution in [-0.4, -0.2) is 14.8 Å². The highest BCUT2D eigenvalue weighted by molar-refractivity contribution is 9.10. The first-order valence-electron chi connectivity index (χ1n) is 3.74. The summed E-state index contributed by atoms with van der Waals surface area (Å²) in [6, 6.07) is 0. The summed E-state index contributed by atoms with van der Waals surface area (Å²) in [4.78, 5) is 4.23. The van der Waals surface area contributed by atoms with Crippen LogP contribution in [0.1, 0.15) is 5.69 Å². The fraction of sp³-hybridized carbons (Fsp3) is 0.250. The van der Waals surface area contributed by atoms with Crippen LogP contribution < -0.4 is 0 Å². The van der Waals surface area contributed by atoms with Crippen LogP contribution in [0.3, 0.4) is 0 Å². The highest BCUT2D eigenvalue weighted by Gasteiger charge is 2.11. The molecule has 0 N–H and O–H groups in total. The van der Waals surface area contributed by atoms with E-state index in [1.807, 2.05) is 14.0 Å². The second kappa shape index (κ2) is 2.96. The minimum Gasteiger partial charge on any atom is -0.250 e. The molecule has 0 aromatic carbocycles. The Hall–Kier alpha value is -0.610. The normalized spacial score (nSPS) is 11.1. The lowest BCUT2D eigenvalue weighted by Gasteiger charge is -1.97. The van der Waals surface area contributed by atoms with E-state index >= 15 is 0 Å². The van der Waals surface area contributed by atoms with Crippen molar-refractivity contribution >= 4 is 38.6 Å². The summed E-state index contributed by atoms with van der Waals surface area (Å²) in [7, 11) is 1.85. The third-order valence-corrected chi connectivity index (χ3v) is 3.14. The van der Waals surface area contributed by atoms with Crippen molar-refractivity contribution < 1.29 is 0 Å². The van der Waals surface area contributed by atoms with Gasteiger partial charge in [-0.2, -0.15) is 5.10 Å². The molecule has 13 heavy (non-hydrogen) atoms. The van der Waals surface area contributed by atoms with E-state index in [9.17, 15) is 0 Å². The Kier molecular flexibility index (Phi) is 2.04. The van der Waals surface area contributed by atoms with Crippen molar-refractivity contribution in [1.82, 2.24) is 14.8 Å². The molecular formula is C8H7BrClN3. The standard InChI is InChI=1S/C8H7BrClN3/c1-4-6-7(10)5(9)3-11-8(6)13(2)12-4/h3H,1-2H3. The minimum atomic E-state index is 0.676. The van der Waals surface area contributed by atoms with Gasteiger partial charge in [-0.15, -0.1) is 0 Å². The smallest absolute Gasteiger partial charge is 0.159 e. The summed E-state index contributed by atoms with van der Waals surface area (Å²) in [6.45, 7) is 1.92. The van der Waals surface area contributed by atoms with Crippen molar-refractivity contribution in [2.75, 3.05) is 0 Å². The Morgan fingerprint density at radius 2 is 2.23 bits per heavy atom. The molecule has 0 unspecified atom stereocenters. The van der Waals surface area contributed by atoms with E-state index < -0.39 is 0 Å². The Labute approximate surface area is 88.8 Å². The molecule has 2 heterocycles. The summed E-state index contributed by atoms with van der Waals surface area (Å²) in [6.07, 6.45) is 1.69. The molecular weight excluding hydrogens is 253 g/mol. The molecule has 0 aliphatic heterocycles. The quantitative estimate of drug-likeness (QED) is 0.729. The second-order valence-electron chi connectivity index (χ2n) is 2.83. The first-order chi connectivity index (χ1) is 6.11. The van der Waals surface area contributed by atoms with Crippen molar-refractivity contribution in [2.24, 2.45) is 7.05 Å². The first-order valence-corrected chi connectivity index (χ1v) is 4.91. The summed E-state index contributed by atoms with van der Waals surface area (Å²) in [5.74, 6) is 0. The third-order valence-electron chi connectivity index (χ3n) is 1.92. The predicted octanol–water partition coefficient (Wildman–Crippen LogP) is 2.69. The molecule has 2 aromatic rings. The number of fused-ring (bicyclic) bond motifs is 1. The molecule has 5 heteroatoms. The van der Waals surface area contributed by atoms with Gasteiger partial charge in [0.05, 0.1) is 20.6 Å². The number of aryl methyl sites for hydroxylation is 2. The van der Waals surface area contributed by atoms with Gasteiger partial charge < -0.3 is 0 Å². The van der Waals surface area contributed by atoms with Crippen LogP contribution in [0.5, 0.6) is 0 Å². The van der Waals surface area contributed by atoms with Gasteiger partial charge in [0, 0.05) is 13.2 Å². The molecule has 0 aliphatic rings. The monoisotopic (exact) mass is 259 g/mol. The van der Waals surface area contributed by atoms with Crippen LogP contribution in [0.2, 0.25) is 5.02 Å². The van der Waals surface area contributed by atoms with Gasteiger partial charge in [-0.3, -0.25) is 4.68 Å². The molecule has 0 aliphatic carbocycles. The van der Waals surface area contributed by atoms with Crippen LogP contribution in [0, 0.1) is 6.92 Å². The zero-order valence-corrected chi connectivity index (χ0v) is 9.52. The number of pyridine rings is 1. The summed E-state index contributed by atoms with van der Waals surface area (Å²) < 4.78 is 2.53. The molecule has 2 rings (SSSR count). The van der Waals surface area contributed by atoms with Gasteiger partial charge in [0.1, 0.15) is 0 Å². The van der Waals surface area contributed by atoms with Crippen molar-refractivity contribution in [3.05, 3.63) is 21.4 Å². The van der Waals surface area contributed by atoms with Crippen LogP contribution in [0.4, 0.5) is 0 Å². The van der Waals surface area contributed by atoms with E-state index in [4.69, 9.17) is 11.6 Å². The van der Waals surface area contributed by atoms with Crippen LogP contribution in [0.25, 0.3) is 11.0 Å². The first kappa shape index (κ1) is 8.97. The maximum absolute atomic E-state index is 6.10. The van der Waals surface area contributed by atoms with E-state index in [2.05, 4.69) is 26.0 Å². The maximum atomic E-state index is 6.10. The van der Waals surface area contributed by atoms with Gasteiger partial charge >= 0.3 is 0 Å². The highest BCUT2D eigenvalue weighted by atomic mass is 79.9. The molecule has 0 fully saturated rings. The molecule has 0 amide bonds. The number of rotatable bonds is 0. The van der Waals surface area contributed by atoms with Crippen LogP contribution in [-0.2, 0) is 7.05 Å². The summed E-state index contributed by atoms with van der Waals surface area (Å²) in [5.41, 5.74) is 1.71. The van der Waals surface area contributed by atoms with Gasteiger partial charge in [-0.1, -0.05) is 11.6 Å². The lowest BCUT2D eigenvalue weighted by Crippen LogP contribution is -1.91. The Morgan fingerprint density at radius 1 is 1.54 bits per heavy atom. The van der Waals surface area contributed by atoms with Gasteiger partial charge in [-0.25, -0.2) is 4.98 Å². The minimum absolute atomic E-state index is 0.676. The highest BCUT2D eigenvalue weighted by Crippen LogP contribution is 2.30. The molecule has 0 spiro atoms. The van der Waals surface area contributed by atoms with Crippen molar-refractivity contribution in [1.29, 1.82) is 0 Å². The zero-order chi connectivity index (χ0) is 9.59. The third kappa shape index (κ3) is 1.25. The lowest BCUT2D eigenvalue weighted by atomic mass is 10.3. The number of hydrogen-bond donors (Lipinski definition) is 0. The SMILES string of the molecule is Cc1nn(C)c2ncc(Br)c(Cl)c12. The van der Waals surface area contributed by atoms with Crippen LogP contribution in [0.15, 0.2) is 10.7 Å². The lowest BCUT2D eigenvalue weighted by molar-refractivity contribution is 0.774. The Balaban J connectivity index is 2.98. The molecule has 3 nitrogen and oxygen atoms in total. The molecule has 68 valence electrons. The maximum Gasteiger partial charge on any atom is 0.159 e. The molecule has 2 aromatic heterocycles. The van der Waals surface area contributed by atoms with Gasteiger partial charge in [0.2, 0.25) is 0 Å². The molecule has 0 saturated carbocycles. The van der Waals surface area contributed by atoms with Crippen molar-refractivity contribution in [3.63, 3.8) is 0 Å². The fourth-order valence-corrected chi connectivity index (χ4v) is 1.92. The predicted molar refractivity (Wildman–Crippen MR) is 56.0 cm³/mol. The van der Waals surface area contributed by atoms with Crippen molar-refractivity contribution in [2.45, 2.75) is 6.92 Å². The largest absolute Gasteiger partial charge is 0.250 e. The summed E-state index contributed by atoms with van der Waals surface area (Å²) in [5, 5.41) is 5.83. The Bertz CT molecular complexity index is 478. The van der Waals surface area contributed by atoms with Gasteiger partial charge in [0.15, 0.2) is 5.65 Å². The summed E-state index contributed by atoms with van der Waals surface area (Å²) >= 11 is 9.43. The fourth-order valence-electron chi connectivity index (χ4n) is 1.34. The van der Waals surface area contributed by atoms with Gasteiger partial charge in [-0.05, 0) is 22.9 Å². The van der Waals surface area contributed by atoms with E-state index in [0.29, 0.717) is 5.02 Å². The zero-order valence-electron chi connectivity index (χ0n) is 7.17. The van der Waals surface area contributed by atoms with E-state index in [1.54, 1.807) is 10.9 Å². The topological polar surface area (TPSA) is 30.7 Å². The van der Waals surface area contributed by atoms with Gasteiger partial charge in [0.25, 0.3) is 0 Å². The van der Waals surface area contributed by atoms with E-state index in [1.165, 1.54) is 0 Å². The molecule has 0 bridgehead atoms. The molecule has 0 saturated heterocycles. The average molecular weight is 261 g/mol. The Morgan fingerprint density at radius 3 is 2.92 bits per heavy atom. The van der Waals surface area contributed by atoms with E-state index in [-0.39, 0.29) is 0 Å². The van der Waals surface area contributed by atoms with E-state index in [0.717, 1.165) is 21.2 Å². The molecule has 0 atom stereocenters. The second-order valence-corrected chi connectivity index (χ2v) is 4.06. The average Bonchev–Trinajstić information content (AvgIpc) is 2.35. The number of aromatic nitrogens is 3. The number of nitrogens with zero attached hydrogens (tertiary/aromatic N) is 3. The number of halogens is 2. The molecule has 0 radical (unpaired) electrons. The van der Waals surface area contributed by atoms with Crippen LogP contribution >= 0.6 is 27.5 Å². The van der Waals surface area contributed by atoms with Crippen molar-refractivity contribution in [3.8, 4) is 0 Å². The number of hydrogen-bond acceptors (Lipinski definition) is 2.